The van der Waals surface area contributed by atoms with E-state index in [4.69, 9.17) is 44.3 Å². The van der Waals surface area contributed by atoms with Crippen molar-refractivity contribution in [2.75, 3.05) is 7.11 Å². The van der Waals surface area contributed by atoms with Crippen molar-refractivity contribution in [1.82, 2.24) is 10.7 Å². The number of methoxy groups -OCH3 is 1. The van der Waals surface area contributed by atoms with Crippen LogP contribution >= 0.6 is 34.8 Å². The van der Waals surface area contributed by atoms with Crippen LogP contribution in [0.4, 0.5) is 0 Å². The Morgan fingerprint density at radius 1 is 0.841 bits per heavy atom. The second-order valence-electron chi connectivity index (χ2n) is 10.3. The molecule has 4 rings (SSSR count). The van der Waals surface area contributed by atoms with E-state index < -0.39 is 17.9 Å². The van der Waals surface area contributed by atoms with Crippen molar-refractivity contribution < 1.29 is 19.1 Å². The van der Waals surface area contributed by atoms with Crippen LogP contribution in [0.1, 0.15) is 42.0 Å². The molecule has 0 radical (unpaired) electrons. The molecule has 7 nitrogen and oxygen atoms in total. The van der Waals surface area contributed by atoms with E-state index in [1.807, 2.05) is 74.5 Å². The number of ether oxygens (including phenoxy) is 2. The molecule has 44 heavy (non-hydrogen) atoms. The highest BCUT2D eigenvalue weighted by Gasteiger charge is 2.29. The van der Waals surface area contributed by atoms with Gasteiger partial charge in [-0.2, -0.15) is 5.10 Å². The van der Waals surface area contributed by atoms with Crippen molar-refractivity contribution in [3.05, 3.63) is 128 Å². The van der Waals surface area contributed by atoms with Crippen molar-refractivity contribution in [1.29, 1.82) is 0 Å². The maximum Gasteiger partial charge on any atom is 0.262 e. The van der Waals surface area contributed by atoms with Crippen molar-refractivity contribution in [2.45, 2.75) is 32.4 Å². The van der Waals surface area contributed by atoms with Gasteiger partial charge in [0.15, 0.2) is 11.5 Å². The quantitative estimate of drug-likeness (QED) is 0.122. The molecule has 0 heterocycles. The largest absolute Gasteiger partial charge is 0.493 e. The smallest absolute Gasteiger partial charge is 0.262 e. The normalized spacial score (nSPS) is 11.9. The third-order valence-corrected chi connectivity index (χ3v) is 7.67. The highest BCUT2D eigenvalue weighted by Crippen LogP contribution is 2.37. The van der Waals surface area contributed by atoms with Crippen LogP contribution in [0.25, 0.3) is 0 Å². The van der Waals surface area contributed by atoms with Gasteiger partial charge in [0, 0.05) is 15.6 Å². The summed E-state index contributed by atoms with van der Waals surface area (Å²) in [4.78, 5) is 26.8. The van der Waals surface area contributed by atoms with Crippen LogP contribution in [0, 0.1) is 5.92 Å². The molecular formula is C34H32Cl3N3O4. The minimum absolute atomic E-state index is 0.146. The highest BCUT2D eigenvalue weighted by atomic mass is 35.5. The molecule has 0 aliphatic heterocycles. The van der Waals surface area contributed by atoms with Gasteiger partial charge in [-0.3, -0.25) is 9.59 Å². The van der Waals surface area contributed by atoms with Gasteiger partial charge in [-0.1, -0.05) is 115 Å². The molecule has 0 aliphatic carbocycles. The van der Waals surface area contributed by atoms with Crippen molar-refractivity contribution in [2.24, 2.45) is 11.0 Å². The van der Waals surface area contributed by atoms with E-state index in [2.05, 4.69) is 15.8 Å². The molecule has 0 saturated heterocycles. The summed E-state index contributed by atoms with van der Waals surface area (Å²) in [6.07, 6.45) is 1.43. The topological polar surface area (TPSA) is 89.0 Å². The number of carbonyl (C=O) groups excluding carboxylic acids is 2. The van der Waals surface area contributed by atoms with E-state index in [1.54, 1.807) is 30.3 Å². The Bertz CT molecular complexity index is 1580. The van der Waals surface area contributed by atoms with Crippen molar-refractivity contribution >= 4 is 52.8 Å². The van der Waals surface area contributed by atoms with E-state index in [-0.39, 0.29) is 23.5 Å². The Morgan fingerprint density at radius 2 is 1.48 bits per heavy atom. The Balaban J connectivity index is 1.45. The summed E-state index contributed by atoms with van der Waals surface area (Å²) in [5.74, 6) is -0.831. The van der Waals surface area contributed by atoms with E-state index in [0.29, 0.717) is 27.1 Å². The zero-order valence-electron chi connectivity index (χ0n) is 24.4. The number of carbonyl (C=O) groups is 2. The van der Waals surface area contributed by atoms with Gasteiger partial charge in [0.25, 0.3) is 5.91 Å². The Labute approximate surface area is 272 Å². The zero-order valence-corrected chi connectivity index (χ0v) is 26.7. The molecule has 0 unspecified atom stereocenters. The summed E-state index contributed by atoms with van der Waals surface area (Å²) in [6.45, 7) is 3.86. The Morgan fingerprint density at radius 3 is 2.05 bits per heavy atom. The average molecular weight is 653 g/mol. The number of hydrogen-bond acceptors (Lipinski definition) is 5. The predicted molar refractivity (Wildman–Crippen MR) is 176 cm³/mol. The second-order valence-corrected chi connectivity index (χ2v) is 11.5. The number of hydrazone groups is 1. The van der Waals surface area contributed by atoms with Crippen molar-refractivity contribution in [3.63, 3.8) is 0 Å². The van der Waals surface area contributed by atoms with E-state index >= 15 is 0 Å². The van der Waals surface area contributed by atoms with Crippen LogP contribution in [0.2, 0.25) is 15.1 Å². The summed E-state index contributed by atoms with van der Waals surface area (Å²) < 4.78 is 11.4. The van der Waals surface area contributed by atoms with Crippen LogP contribution in [0.15, 0.2) is 96.1 Å². The minimum Gasteiger partial charge on any atom is -0.493 e. The molecule has 228 valence electrons. The summed E-state index contributed by atoms with van der Waals surface area (Å²) in [5.41, 5.74) is 5.48. The maximum atomic E-state index is 13.6. The van der Waals surface area contributed by atoms with Crippen LogP contribution < -0.4 is 20.2 Å². The average Bonchev–Trinajstić information content (AvgIpc) is 3.01. The van der Waals surface area contributed by atoms with Gasteiger partial charge in [0.05, 0.1) is 24.3 Å². The molecular weight excluding hydrogens is 621 g/mol. The first kappa shape index (κ1) is 32.9. The second kappa shape index (κ2) is 15.6. The molecule has 0 bridgehead atoms. The summed E-state index contributed by atoms with van der Waals surface area (Å²) >= 11 is 18.7. The van der Waals surface area contributed by atoms with Gasteiger partial charge in [-0.05, 0) is 46.9 Å². The Kier molecular flexibility index (Phi) is 11.7. The molecule has 2 N–H and O–H groups in total. The van der Waals surface area contributed by atoms with Crippen LogP contribution in [0.5, 0.6) is 11.5 Å². The molecule has 0 aromatic heterocycles. The first-order valence-electron chi connectivity index (χ1n) is 13.8. The number of nitrogens with one attached hydrogen (secondary N) is 2. The van der Waals surface area contributed by atoms with Crippen LogP contribution in [-0.2, 0) is 16.2 Å². The molecule has 10 heteroatoms. The van der Waals surface area contributed by atoms with E-state index in [1.165, 1.54) is 13.3 Å². The number of rotatable bonds is 12. The van der Waals surface area contributed by atoms with Gasteiger partial charge in [-0.25, -0.2) is 5.43 Å². The molecule has 0 saturated carbocycles. The molecule has 4 aromatic carbocycles. The summed E-state index contributed by atoms with van der Waals surface area (Å²) in [7, 11) is 1.49. The third-order valence-electron chi connectivity index (χ3n) is 6.80. The van der Waals surface area contributed by atoms with Gasteiger partial charge < -0.3 is 14.8 Å². The molecule has 1 atom stereocenters. The van der Waals surface area contributed by atoms with Crippen LogP contribution in [0.3, 0.4) is 0 Å². The molecule has 0 aliphatic rings. The number of hydrogen-bond donors (Lipinski definition) is 2. The van der Waals surface area contributed by atoms with Gasteiger partial charge in [-0.15, -0.1) is 0 Å². The fourth-order valence-corrected chi connectivity index (χ4v) is 5.28. The lowest BCUT2D eigenvalue weighted by atomic mass is 9.89. The number of amides is 2. The number of benzene rings is 4. The monoisotopic (exact) mass is 651 g/mol. The summed E-state index contributed by atoms with van der Waals surface area (Å²) in [5, 5.41) is 8.32. The standard InChI is InChI=1S/C34H32Cl3N3O4/c1-21(2)31(39-33(41)30(23-10-6-4-7-11-23)24-12-8-5-9-13-24)34(42)40-38-19-22-16-28(37)32(29(17-22)43-3)44-20-25-14-15-26(35)18-27(25)36/h4-19,21,30-31H,20H2,1-3H3,(H,39,41)(H,40,42)/b38-19-/t31-/m0/s1. The molecule has 2 amide bonds. The fraction of sp³-hybridized carbons (Fsp3) is 0.206. The molecule has 0 spiro atoms. The fourth-order valence-electron chi connectivity index (χ4n) is 4.54. The predicted octanol–water partition coefficient (Wildman–Crippen LogP) is 7.66. The molecule has 0 fully saturated rings. The molecule has 4 aromatic rings. The highest BCUT2D eigenvalue weighted by molar-refractivity contribution is 6.35. The van der Waals surface area contributed by atoms with E-state index in [0.717, 1.165) is 16.7 Å². The lowest BCUT2D eigenvalue weighted by molar-refractivity contribution is -0.130. The first-order valence-corrected chi connectivity index (χ1v) is 15.0. The van der Waals surface area contributed by atoms with Gasteiger partial charge >= 0.3 is 0 Å². The first-order chi connectivity index (χ1) is 21.2. The SMILES string of the molecule is COc1cc(/C=N\NC(=O)[C@@H](NC(=O)C(c2ccccc2)c2ccccc2)C(C)C)cc(Cl)c1OCc1ccc(Cl)cc1Cl. The Hall–Kier alpha value is -4.04. The van der Waals surface area contributed by atoms with Gasteiger partial charge in [0.2, 0.25) is 5.91 Å². The zero-order chi connectivity index (χ0) is 31.6. The lowest BCUT2D eigenvalue weighted by Crippen LogP contribution is -2.50. The summed E-state index contributed by atoms with van der Waals surface area (Å²) in [6, 6.07) is 26.5. The minimum atomic E-state index is -0.830. The third kappa shape index (κ3) is 8.53. The van der Waals surface area contributed by atoms with Crippen molar-refractivity contribution in [3.8, 4) is 11.5 Å². The van der Waals surface area contributed by atoms with Gasteiger partial charge in [0.1, 0.15) is 12.6 Å². The van der Waals surface area contributed by atoms with Crippen LogP contribution in [-0.4, -0.2) is 31.2 Å². The maximum absolute atomic E-state index is 13.6. The van der Waals surface area contributed by atoms with E-state index in [9.17, 15) is 9.59 Å². The number of nitrogens with zero attached hydrogens (tertiary/aromatic N) is 1. The number of halogens is 3. The lowest BCUT2D eigenvalue weighted by Gasteiger charge is -2.24.